The zero-order valence-corrected chi connectivity index (χ0v) is 16.5. The van der Waals surface area contributed by atoms with E-state index in [0.29, 0.717) is 35.3 Å². The van der Waals surface area contributed by atoms with Gasteiger partial charge in [-0.25, -0.2) is 0 Å². The molecule has 2 aliphatic heterocycles. The molecule has 0 atom stereocenters. The van der Waals surface area contributed by atoms with E-state index in [9.17, 15) is 4.79 Å². The Kier molecular flexibility index (Phi) is 5.48. The third-order valence-electron chi connectivity index (χ3n) is 5.13. The summed E-state index contributed by atoms with van der Waals surface area (Å²) in [5.74, 6) is 1.75. The van der Waals surface area contributed by atoms with Gasteiger partial charge in [0.15, 0.2) is 11.5 Å². The van der Waals surface area contributed by atoms with E-state index in [2.05, 4.69) is 22.3 Å². The minimum absolute atomic E-state index is 0.133. The molecule has 6 nitrogen and oxygen atoms in total. The van der Waals surface area contributed by atoms with Crippen LogP contribution in [-0.4, -0.2) is 45.4 Å². The van der Waals surface area contributed by atoms with Gasteiger partial charge in [0, 0.05) is 30.4 Å². The maximum absolute atomic E-state index is 12.7. The second-order valence-electron chi connectivity index (χ2n) is 6.92. The van der Waals surface area contributed by atoms with Gasteiger partial charge in [0.1, 0.15) is 19.0 Å². The molecule has 148 valence electrons. The Bertz CT molecular complexity index is 848. The number of halogens is 1. The lowest BCUT2D eigenvalue weighted by molar-refractivity contribution is 0.0930. The van der Waals surface area contributed by atoms with Gasteiger partial charge in [0.05, 0.1) is 12.1 Å². The summed E-state index contributed by atoms with van der Waals surface area (Å²) >= 11 is 6.24. The fraction of sp³-hybridized carbons (Fsp3) is 0.381. The highest BCUT2D eigenvalue weighted by Gasteiger charge is 2.24. The predicted molar refractivity (Wildman–Crippen MR) is 108 cm³/mol. The molecule has 1 N–H and O–H groups in total. The van der Waals surface area contributed by atoms with E-state index in [-0.39, 0.29) is 11.9 Å². The van der Waals surface area contributed by atoms with Crippen molar-refractivity contribution in [3.05, 3.63) is 47.0 Å². The number of fused-ring (bicyclic) bond motifs is 1. The van der Waals surface area contributed by atoms with Gasteiger partial charge in [-0.15, -0.1) is 0 Å². The molecule has 4 rings (SSSR count). The summed E-state index contributed by atoms with van der Waals surface area (Å²) in [7, 11) is 1.66. The third-order valence-corrected chi connectivity index (χ3v) is 5.41. The van der Waals surface area contributed by atoms with E-state index < -0.39 is 0 Å². The Labute approximate surface area is 169 Å². The molecule has 0 unspecified atom stereocenters. The van der Waals surface area contributed by atoms with Crippen molar-refractivity contribution in [3.63, 3.8) is 0 Å². The summed E-state index contributed by atoms with van der Waals surface area (Å²) in [6, 6.07) is 11.5. The van der Waals surface area contributed by atoms with Crippen LogP contribution in [0.2, 0.25) is 5.02 Å². The van der Waals surface area contributed by atoms with E-state index >= 15 is 0 Å². The number of nitrogens with zero attached hydrogens (tertiary/aromatic N) is 1. The van der Waals surface area contributed by atoms with Crippen LogP contribution in [0.3, 0.4) is 0 Å². The predicted octanol–water partition coefficient (Wildman–Crippen LogP) is 3.52. The largest absolute Gasteiger partial charge is 0.497 e. The number of benzene rings is 2. The van der Waals surface area contributed by atoms with E-state index in [1.54, 1.807) is 19.2 Å². The first-order valence-corrected chi connectivity index (χ1v) is 9.81. The van der Waals surface area contributed by atoms with Crippen LogP contribution in [0.25, 0.3) is 0 Å². The van der Waals surface area contributed by atoms with Gasteiger partial charge in [0.2, 0.25) is 0 Å². The molecule has 0 aromatic heterocycles. The first-order valence-electron chi connectivity index (χ1n) is 9.43. The van der Waals surface area contributed by atoms with Gasteiger partial charge in [-0.1, -0.05) is 11.6 Å². The molecule has 1 saturated heterocycles. The van der Waals surface area contributed by atoms with E-state index in [4.69, 9.17) is 25.8 Å². The van der Waals surface area contributed by atoms with Crippen LogP contribution in [0, 0.1) is 0 Å². The van der Waals surface area contributed by atoms with Gasteiger partial charge in [-0.2, -0.15) is 0 Å². The van der Waals surface area contributed by atoms with Gasteiger partial charge in [-0.3, -0.25) is 4.79 Å². The summed E-state index contributed by atoms with van der Waals surface area (Å²) in [6.07, 6.45) is 1.77. The van der Waals surface area contributed by atoms with E-state index in [0.717, 1.165) is 31.7 Å². The van der Waals surface area contributed by atoms with Gasteiger partial charge < -0.3 is 24.4 Å². The van der Waals surface area contributed by atoms with Gasteiger partial charge in [-0.05, 0) is 49.2 Å². The van der Waals surface area contributed by atoms with Crippen molar-refractivity contribution in [3.8, 4) is 17.2 Å². The minimum atomic E-state index is -0.137. The number of hydrogen-bond acceptors (Lipinski definition) is 5. The molecule has 7 heteroatoms. The van der Waals surface area contributed by atoms with Crippen LogP contribution < -0.4 is 24.4 Å². The number of rotatable bonds is 4. The van der Waals surface area contributed by atoms with Crippen molar-refractivity contribution < 1.29 is 19.0 Å². The second-order valence-corrected chi connectivity index (χ2v) is 7.32. The van der Waals surface area contributed by atoms with Crippen molar-refractivity contribution in [2.24, 2.45) is 0 Å². The maximum Gasteiger partial charge on any atom is 0.251 e. The molecule has 0 bridgehead atoms. The second kappa shape index (κ2) is 8.19. The van der Waals surface area contributed by atoms with Crippen LogP contribution in [0.1, 0.15) is 23.2 Å². The zero-order valence-electron chi connectivity index (χ0n) is 15.7. The quantitative estimate of drug-likeness (QED) is 0.847. The molecule has 1 amide bonds. The van der Waals surface area contributed by atoms with Crippen molar-refractivity contribution in [1.29, 1.82) is 0 Å². The number of nitrogens with one attached hydrogen (secondary N) is 1. The molecule has 1 fully saturated rings. The summed E-state index contributed by atoms with van der Waals surface area (Å²) in [4.78, 5) is 15.0. The Morgan fingerprint density at radius 1 is 1.14 bits per heavy atom. The summed E-state index contributed by atoms with van der Waals surface area (Å²) in [6.45, 7) is 2.70. The summed E-state index contributed by atoms with van der Waals surface area (Å²) < 4.78 is 16.3. The third kappa shape index (κ3) is 3.97. The lowest BCUT2D eigenvalue weighted by Crippen LogP contribution is -2.44. The molecule has 2 heterocycles. The number of piperidine rings is 1. The number of carbonyl (C=O) groups excluding carboxylic acids is 1. The molecular formula is C21H23ClN2O4. The smallest absolute Gasteiger partial charge is 0.251 e. The highest BCUT2D eigenvalue weighted by Crippen LogP contribution is 2.38. The number of hydrogen-bond donors (Lipinski definition) is 1. The number of anilines is 1. The highest BCUT2D eigenvalue weighted by molar-refractivity contribution is 6.32. The first kappa shape index (κ1) is 18.7. The van der Waals surface area contributed by atoms with Crippen molar-refractivity contribution in [1.82, 2.24) is 5.32 Å². The average molecular weight is 403 g/mol. The monoisotopic (exact) mass is 402 g/mol. The standard InChI is InChI=1S/C21H23ClN2O4/c1-26-17-4-2-16(3-5-17)24-8-6-15(7-9-24)23-21(25)14-12-18(22)20-19(13-14)27-10-11-28-20/h2-5,12-13,15H,6-11H2,1H3,(H,23,25). The number of methoxy groups -OCH3 is 1. The molecule has 2 aromatic rings. The zero-order chi connectivity index (χ0) is 19.5. The summed E-state index contributed by atoms with van der Waals surface area (Å²) in [5, 5.41) is 3.52. The van der Waals surface area contributed by atoms with Gasteiger partial charge in [0.25, 0.3) is 5.91 Å². The average Bonchev–Trinajstić information content (AvgIpc) is 2.74. The van der Waals surface area contributed by atoms with Crippen LogP contribution in [0.5, 0.6) is 17.2 Å². The lowest BCUT2D eigenvalue weighted by Gasteiger charge is -2.34. The van der Waals surface area contributed by atoms with Crippen LogP contribution in [-0.2, 0) is 0 Å². The highest BCUT2D eigenvalue weighted by atomic mass is 35.5. The molecule has 2 aromatic carbocycles. The fourth-order valence-corrected chi connectivity index (χ4v) is 3.85. The SMILES string of the molecule is COc1ccc(N2CCC(NC(=O)c3cc(Cl)c4c(c3)OCCO4)CC2)cc1. The Morgan fingerprint density at radius 3 is 2.57 bits per heavy atom. The molecule has 0 saturated carbocycles. The van der Waals surface area contributed by atoms with Crippen LogP contribution in [0.15, 0.2) is 36.4 Å². The Hall–Kier alpha value is -2.60. The normalized spacial score (nSPS) is 16.6. The number of ether oxygens (including phenoxy) is 3. The molecule has 0 radical (unpaired) electrons. The lowest BCUT2D eigenvalue weighted by atomic mass is 10.0. The van der Waals surface area contributed by atoms with Crippen molar-refractivity contribution in [2.45, 2.75) is 18.9 Å². The fourth-order valence-electron chi connectivity index (χ4n) is 3.59. The number of carbonyl (C=O) groups is 1. The van der Waals surface area contributed by atoms with Crippen LogP contribution >= 0.6 is 11.6 Å². The minimum Gasteiger partial charge on any atom is -0.497 e. The van der Waals surface area contributed by atoms with Crippen LogP contribution in [0.4, 0.5) is 5.69 Å². The Balaban J connectivity index is 1.35. The molecule has 28 heavy (non-hydrogen) atoms. The van der Waals surface area contributed by atoms with Gasteiger partial charge >= 0.3 is 0 Å². The van der Waals surface area contributed by atoms with E-state index in [1.807, 2.05) is 12.1 Å². The molecular weight excluding hydrogens is 380 g/mol. The van der Waals surface area contributed by atoms with Crippen molar-refractivity contribution >= 4 is 23.2 Å². The first-order chi connectivity index (χ1) is 13.6. The van der Waals surface area contributed by atoms with E-state index in [1.165, 1.54) is 5.69 Å². The topological polar surface area (TPSA) is 60.0 Å². The molecule has 0 aliphatic carbocycles. The Morgan fingerprint density at radius 2 is 1.86 bits per heavy atom. The maximum atomic E-state index is 12.7. The molecule has 2 aliphatic rings. The summed E-state index contributed by atoms with van der Waals surface area (Å²) in [5.41, 5.74) is 1.66. The van der Waals surface area contributed by atoms with Crippen molar-refractivity contribution in [2.75, 3.05) is 38.3 Å². The number of amides is 1. The molecule has 0 spiro atoms.